The van der Waals surface area contributed by atoms with E-state index in [9.17, 15) is 0 Å². The van der Waals surface area contributed by atoms with Crippen molar-refractivity contribution in [1.29, 1.82) is 5.41 Å². The summed E-state index contributed by atoms with van der Waals surface area (Å²) in [6, 6.07) is 0. The monoisotopic (exact) mass is 240 g/mol. The number of rotatable bonds is 7. The SMILES string of the molecule is CCCOCCOc1c(C(=N)N)c(C)nn1C. The lowest BCUT2D eigenvalue weighted by Crippen LogP contribution is -2.16. The summed E-state index contributed by atoms with van der Waals surface area (Å²) in [5.74, 6) is 0.496. The first-order chi connectivity index (χ1) is 8.07. The summed E-state index contributed by atoms with van der Waals surface area (Å²) in [6.07, 6.45) is 0.990. The molecule has 1 heterocycles. The number of hydrogen-bond donors (Lipinski definition) is 2. The quantitative estimate of drug-likeness (QED) is 0.419. The molecule has 0 fully saturated rings. The maximum atomic E-state index is 7.49. The van der Waals surface area contributed by atoms with E-state index in [2.05, 4.69) is 12.0 Å². The normalized spacial score (nSPS) is 10.5. The summed E-state index contributed by atoms with van der Waals surface area (Å²) in [4.78, 5) is 0. The zero-order chi connectivity index (χ0) is 12.8. The molecule has 96 valence electrons. The van der Waals surface area contributed by atoms with E-state index in [1.54, 1.807) is 18.7 Å². The fourth-order valence-corrected chi connectivity index (χ4v) is 1.56. The third-order valence-electron chi connectivity index (χ3n) is 2.25. The number of nitrogens with one attached hydrogen (secondary N) is 1. The first-order valence-electron chi connectivity index (χ1n) is 5.66. The summed E-state index contributed by atoms with van der Waals surface area (Å²) in [7, 11) is 1.77. The number of aryl methyl sites for hydroxylation is 2. The molecule has 0 radical (unpaired) electrons. The standard InChI is InChI=1S/C11H20N4O2/c1-4-5-16-6-7-17-11-9(10(12)13)8(2)14-15(11)3/h4-7H2,1-3H3,(H3,12,13). The van der Waals surface area contributed by atoms with Gasteiger partial charge in [0.1, 0.15) is 18.0 Å². The molecule has 0 bridgehead atoms. The van der Waals surface area contributed by atoms with E-state index in [-0.39, 0.29) is 5.84 Å². The van der Waals surface area contributed by atoms with Crippen LogP contribution in [0.3, 0.4) is 0 Å². The second kappa shape index (κ2) is 6.24. The van der Waals surface area contributed by atoms with Crippen molar-refractivity contribution in [3.05, 3.63) is 11.3 Å². The molecule has 0 atom stereocenters. The van der Waals surface area contributed by atoms with Crippen molar-refractivity contribution in [1.82, 2.24) is 9.78 Å². The zero-order valence-electron chi connectivity index (χ0n) is 10.6. The van der Waals surface area contributed by atoms with E-state index < -0.39 is 0 Å². The summed E-state index contributed by atoms with van der Waals surface area (Å²) in [5.41, 5.74) is 6.76. The molecule has 0 aromatic carbocycles. The third-order valence-corrected chi connectivity index (χ3v) is 2.25. The molecule has 0 saturated heterocycles. The van der Waals surface area contributed by atoms with Crippen molar-refractivity contribution in [3.63, 3.8) is 0 Å². The van der Waals surface area contributed by atoms with Crippen LogP contribution in [0.25, 0.3) is 0 Å². The Morgan fingerprint density at radius 2 is 2.12 bits per heavy atom. The topological polar surface area (TPSA) is 86.2 Å². The molecule has 17 heavy (non-hydrogen) atoms. The highest BCUT2D eigenvalue weighted by molar-refractivity contribution is 5.98. The molecule has 1 rings (SSSR count). The van der Waals surface area contributed by atoms with Gasteiger partial charge in [0.15, 0.2) is 0 Å². The number of aromatic nitrogens is 2. The van der Waals surface area contributed by atoms with Gasteiger partial charge in [-0.15, -0.1) is 0 Å². The first-order valence-corrected chi connectivity index (χ1v) is 5.66. The minimum absolute atomic E-state index is 0.0277. The Labute approximate surface area is 101 Å². The molecule has 0 aliphatic carbocycles. The molecule has 1 aromatic heterocycles. The number of hydrogen-bond acceptors (Lipinski definition) is 4. The minimum atomic E-state index is -0.0277. The van der Waals surface area contributed by atoms with Crippen LogP contribution in [0.1, 0.15) is 24.6 Å². The largest absolute Gasteiger partial charge is 0.475 e. The van der Waals surface area contributed by atoms with Gasteiger partial charge in [0, 0.05) is 13.7 Å². The van der Waals surface area contributed by atoms with E-state index >= 15 is 0 Å². The molecule has 0 aliphatic heterocycles. The van der Waals surface area contributed by atoms with Gasteiger partial charge in [0.2, 0.25) is 5.88 Å². The lowest BCUT2D eigenvalue weighted by atomic mass is 10.2. The smallest absolute Gasteiger partial charge is 0.223 e. The van der Waals surface area contributed by atoms with E-state index in [0.717, 1.165) is 13.0 Å². The number of ether oxygens (including phenoxy) is 2. The van der Waals surface area contributed by atoms with Crippen LogP contribution in [0.2, 0.25) is 0 Å². The molecule has 0 unspecified atom stereocenters. The summed E-state index contributed by atoms with van der Waals surface area (Å²) < 4.78 is 12.5. The van der Waals surface area contributed by atoms with Gasteiger partial charge in [0.05, 0.1) is 12.3 Å². The van der Waals surface area contributed by atoms with Crippen LogP contribution >= 0.6 is 0 Å². The average Bonchev–Trinajstić information content (AvgIpc) is 2.53. The predicted octanol–water partition coefficient (Wildman–Crippen LogP) is 0.818. The Morgan fingerprint density at radius 3 is 2.71 bits per heavy atom. The molecule has 0 aliphatic rings. The van der Waals surface area contributed by atoms with Crippen LogP contribution in [0.5, 0.6) is 5.88 Å². The van der Waals surface area contributed by atoms with Crippen molar-refractivity contribution < 1.29 is 9.47 Å². The maximum Gasteiger partial charge on any atom is 0.223 e. The van der Waals surface area contributed by atoms with Crippen LogP contribution < -0.4 is 10.5 Å². The van der Waals surface area contributed by atoms with Crippen molar-refractivity contribution >= 4 is 5.84 Å². The van der Waals surface area contributed by atoms with Crippen LogP contribution in [0, 0.1) is 12.3 Å². The van der Waals surface area contributed by atoms with E-state index in [0.29, 0.717) is 30.4 Å². The van der Waals surface area contributed by atoms with Gasteiger partial charge in [-0.2, -0.15) is 5.10 Å². The van der Waals surface area contributed by atoms with E-state index in [1.807, 2.05) is 0 Å². The van der Waals surface area contributed by atoms with Gasteiger partial charge >= 0.3 is 0 Å². The summed E-state index contributed by atoms with van der Waals surface area (Å²) in [6.45, 7) is 5.54. The van der Waals surface area contributed by atoms with Crippen LogP contribution in [0.4, 0.5) is 0 Å². The second-order valence-electron chi connectivity index (χ2n) is 3.76. The highest BCUT2D eigenvalue weighted by Gasteiger charge is 2.16. The Hall–Kier alpha value is -1.56. The molecule has 0 saturated carbocycles. The van der Waals surface area contributed by atoms with E-state index in [4.69, 9.17) is 20.6 Å². The Morgan fingerprint density at radius 1 is 1.41 bits per heavy atom. The number of amidine groups is 1. The van der Waals surface area contributed by atoms with Crippen LogP contribution in [-0.4, -0.2) is 35.4 Å². The molecular formula is C11H20N4O2. The average molecular weight is 240 g/mol. The fraction of sp³-hybridized carbons (Fsp3) is 0.636. The van der Waals surface area contributed by atoms with E-state index in [1.165, 1.54) is 0 Å². The highest BCUT2D eigenvalue weighted by Crippen LogP contribution is 2.20. The Balaban J connectivity index is 2.61. The van der Waals surface area contributed by atoms with Crippen molar-refractivity contribution in [2.45, 2.75) is 20.3 Å². The van der Waals surface area contributed by atoms with Crippen molar-refractivity contribution in [2.24, 2.45) is 12.8 Å². The van der Waals surface area contributed by atoms with Crippen molar-refractivity contribution in [2.75, 3.05) is 19.8 Å². The molecule has 0 spiro atoms. The summed E-state index contributed by atoms with van der Waals surface area (Å²) in [5, 5.41) is 11.7. The van der Waals surface area contributed by atoms with Crippen molar-refractivity contribution in [3.8, 4) is 5.88 Å². The predicted molar refractivity (Wildman–Crippen MR) is 65.6 cm³/mol. The highest BCUT2D eigenvalue weighted by atomic mass is 16.5. The molecule has 0 amide bonds. The van der Waals surface area contributed by atoms with Gasteiger partial charge < -0.3 is 15.2 Å². The second-order valence-corrected chi connectivity index (χ2v) is 3.76. The lowest BCUT2D eigenvalue weighted by molar-refractivity contribution is 0.0973. The van der Waals surface area contributed by atoms with Gasteiger partial charge in [0.25, 0.3) is 0 Å². The van der Waals surface area contributed by atoms with Crippen LogP contribution in [0.15, 0.2) is 0 Å². The molecular weight excluding hydrogens is 220 g/mol. The summed E-state index contributed by atoms with van der Waals surface area (Å²) >= 11 is 0. The number of nitrogens with two attached hydrogens (primary N) is 1. The maximum absolute atomic E-state index is 7.49. The minimum Gasteiger partial charge on any atom is -0.475 e. The first kappa shape index (κ1) is 13.5. The Kier molecular flexibility index (Phi) is 4.96. The number of nitrogen functional groups attached to an aromatic ring is 1. The van der Waals surface area contributed by atoms with Gasteiger partial charge in [-0.3, -0.25) is 5.41 Å². The molecule has 3 N–H and O–H groups in total. The molecule has 6 heteroatoms. The third kappa shape index (κ3) is 3.45. The van der Waals surface area contributed by atoms with Gasteiger partial charge in [-0.25, -0.2) is 4.68 Å². The lowest BCUT2D eigenvalue weighted by Gasteiger charge is -2.08. The zero-order valence-corrected chi connectivity index (χ0v) is 10.6. The Bertz CT molecular complexity index is 387. The molecule has 6 nitrogen and oxygen atoms in total. The fourth-order valence-electron chi connectivity index (χ4n) is 1.56. The van der Waals surface area contributed by atoms with Crippen LogP contribution in [-0.2, 0) is 11.8 Å². The number of nitrogens with zero attached hydrogens (tertiary/aromatic N) is 2. The molecule has 1 aromatic rings. The van der Waals surface area contributed by atoms with Gasteiger partial charge in [-0.1, -0.05) is 6.92 Å². The van der Waals surface area contributed by atoms with Gasteiger partial charge in [-0.05, 0) is 13.3 Å².